The zero-order valence-electron chi connectivity index (χ0n) is 22.2. The molecule has 6 rings (SSSR count). The maximum atomic E-state index is 13.0. The van der Waals surface area contributed by atoms with E-state index >= 15 is 0 Å². The summed E-state index contributed by atoms with van der Waals surface area (Å²) in [7, 11) is 0. The van der Waals surface area contributed by atoms with Gasteiger partial charge in [0, 0.05) is 55.8 Å². The van der Waals surface area contributed by atoms with Gasteiger partial charge in [0.15, 0.2) is 0 Å². The molecule has 2 amide bonds. The van der Waals surface area contributed by atoms with E-state index in [0.29, 0.717) is 35.9 Å². The molecule has 40 heavy (non-hydrogen) atoms. The van der Waals surface area contributed by atoms with Gasteiger partial charge in [-0.1, -0.05) is 29.8 Å². The Bertz CT molecular complexity index is 1550. The third-order valence-electron chi connectivity index (χ3n) is 7.88. The Morgan fingerprint density at radius 1 is 1.18 bits per heavy atom. The summed E-state index contributed by atoms with van der Waals surface area (Å²) in [6, 6.07) is 15.2. The van der Waals surface area contributed by atoms with Gasteiger partial charge in [-0.2, -0.15) is 5.26 Å². The maximum absolute atomic E-state index is 13.0. The summed E-state index contributed by atoms with van der Waals surface area (Å²) in [5.74, 6) is 0.966. The molecule has 0 spiro atoms. The lowest BCUT2D eigenvalue weighted by Gasteiger charge is -2.43. The average Bonchev–Trinajstić information content (AvgIpc) is 3.33. The van der Waals surface area contributed by atoms with Crippen LogP contribution in [-0.2, 0) is 6.54 Å². The second kappa shape index (κ2) is 11.0. The molecule has 3 aromatic rings. The molecule has 2 atom stereocenters. The number of nitriles is 1. The topological polar surface area (TPSA) is 89.2 Å². The zero-order valence-corrected chi connectivity index (χ0v) is 23.0. The van der Waals surface area contributed by atoms with Crippen molar-refractivity contribution in [1.82, 2.24) is 24.7 Å². The Balaban J connectivity index is 1.25. The maximum Gasteiger partial charge on any atom is 0.321 e. The number of aromatic nitrogens is 2. The van der Waals surface area contributed by atoms with Crippen LogP contribution in [0.2, 0.25) is 5.02 Å². The molecule has 8 nitrogen and oxygen atoms in total. The molecule has 1 fully saturated rings. The van der Waals surface area contributed by atoms with Gasteiger partial charge in [-0.15, -0.1) is 0 Å². The van der Waals surface area contributed by atoms with Gasteiger partial charge in [0.1, 0.15) is 5.82 Å². The molecule has 1 aliphatic carbocycles. The third-order valence-corrected chi connectivity index (χ3v) is 8.12. The fourth-order valence-electron chi connectivity index (χ4n) is 5.78. The number of fused-ring (bicyclic) bond motifs is 2. The van der Waals surface area contributed by atoms with Crippen molar-refractivity contribution in [2.45, 2.75) is 25.6 Å². The number of aryl methyl sites for hydroxylation is 1. The Morgan fingerprint density at radius 2 is 1.98 bits per heavy atom. The van der Waals surface area contributed by atoms with Gasteiger partial charge in [-0.05, 0) is 77.9 Å². The van der Waals surface area contributed by atoms with E-state index in [2.05, 4.69) is 55.4 Å². The minimum absolute atomic E-state index is 0.0600. The van der Waals surface area contributed by atoms with Crippen LogP contribution in [0.15, 0.2) is 84.9 Å². The third kappa shape index (κ3) is 5.14. The highest BCUT2D eigenvalue weighted by Crippen LogP contribution is 2.41. The quantitative estimate of drug-likeness (QED) is 0.470. The lowest BCUT2D eigenvalue weighted by molar-refractivity contribution is 0.102. The van der Waals surface area contributed by atoms with Gasteiger partial charge < -0.3 is 20.1 Å². The van der Waals surface area contributed by atoms with E-state index in [9.17, 15) is 4.79 Å². The van der Waals surface area contributed by atoms with Crippen molar-refractivity contribution in [3.05, 3.63) is 112 Å². The predicted octanol–water partition coefficient (Wildman–Crippen LogP) is 5.12. The second-order valence-electron chi connectivity index (χ2n) is 10.3. The number of anilines is 1. The number of halogens is 1. The number of benzene rings is 2. The molecular weight excluding hydrogens is 522 g/mol. The number of hydrogen-bond donors (Lipinski definition) is 2. The van der Waals surface area contributed by atoms with Gasteiger partial charge in [-0.25, -0.2) is 9.78 Å². The molecule has 2 aromatic carbocycles. The molecule has 0 saturated carbocycles. The first-order valence-corrected chi connectivity index (χ1v) is 13.8. The monoisotopic (exact) mass is 551 g/mol. The van der Waals surface area contributed by atoms with Crippen LogP contribution in [0.3, 0.4) is 0 Å². The molecule has 9 heteroatoms. The van der Waals surface area contributed by atoms with Crippen LogP contribution in [0.4, 0.5) is 10.5 Å². The number of carbonyl (C=O) groups excluding carboxylic acids is 1. The summed E-state index contributed by atoms with van der Waals surface area (Å²) in [4.78, 5) is 21.8. The van der Waals surface area contributed by atoms with Crippen LogP contribution >= 0.6 is 11.6 Å². The van der Waals surface area contributed by atoms with Crippen LogP contribution in [0.1, 0.15) is 28.6 Å². The lowest BCUT2D eigenvalue weighted by Crippen LogP contribution is -2.54. The van der Waals surface area contributed by atoms with Crippen molar-refractivity contribution >= 4 is 28.9 Å². The second-order valence-corrected chi connectivity index (χ2v) is 10.7. The Labute approximate surface area is 238 Å². The van der Waals surface area contributed by atoms with Crippen molar-refractivity contribution < 1.29 is 4.79 Å². The van der Waals surface area contributed by atoms with Crippen molar-refractivity contribution in [2.24, 2.45) is 0 Å². The number of hydrogen-bond acceptors (Lipinski definition) is 5. The highest BCUT2D eigenvalue weighted by Gasteiger charge is 2.37. The normalized spacial score (nSPS) is 20.3. The first kappa shape index (κ1) is 25.9. The van der Waals surface area contributed by atoms with Crippen molar-refractivity contribution in [1.29, 1.82) is 5.26 Å². The Kier molecular flexibility index (Phi) is 7.16. The first-order valence-electron chi connectivity index (χ1n) is 13.4. The number of nitrogens with one attached hydrogen (secondary N) is 2. The van der Waals surface area contributed by atoms with E-state index in [1.54, 1.807) is 24.3 Å². The van der Waals surface area contributed by atoms with Crippen molar-refractivity contribution in [3.8, 4) is 6.07 Å². The van der Waals surface area contributed by atoms with E-state index in [0.717, 1.165) is 24.5 Å². The Morgan fingerprint density at radius 3 is 2.70 bits per heavy atom. The molecule has 0 radical (unpaired) electrons. The van der Waals surface area contributed by atoms with Gasteiger partial charge >= 0.3 is 6.03 Å². The van der Waals surface area contributed by atoms with Gasteiger partial charge in [0.25, 0.3) is 0 Å². The number of nitrogens with zero attached hydrogens (tertiary/aromatic N) is 5. The van der Waals surface area contributed by atoms with E-state index < -0.39 is 0 Å². The van der Waals surface area contributed by atoms with E-state index in [1.807, 2.05) is 42.6 Å². The highest BCUT2D eigenvalue weighted by atomic mass is 35.5. The lowest BCUT2D eigenvalue weighted by atomic mass is 9.90. The van der Waals surface area contributed by atoms with Gasteiger partial charge in [0.2, 0.25) is 0 Å². The number of imidazole rings is 1. The number of rotatable bonds is 4. The molecule has 3 heterocycles. The Hall–Kier alpha value is -4.32. The summed E-state index contributed by atoms with van der Waals surface area (Å²) in [6.07, 6.45) is 12.4. The molecular formula is C31H30ClN7O. The van der Waals surface area contributed by atoms with Crippen LogP contribution in [-0.4, -0.2) is 57.6 Å². The molecule has 1 saturated heterocycles. The molecule has 3 aliphatic rings. The summed E-state index contributed by atoms with van der Waals surface area (Å²) < 4.78 is 2.16. The average molecular weight is 552 g/mol. The van der Waals surface area contributed by atoms with Crippen molar-refractivity contribution in [2.75, 3.05) is 31.5 Å². The number of amides is 2. The molecule has 2 unspecified atom stereocenters. The number of piperazine rings is 1. The SMILES string of the molecule is Cc1nccn1CC1=CC2=CC=CNC2C(N2CCN(C(=O)Nc3ccc(C#N)cc3)CC2)c2ccc(Cl)cc21. The number of urea groups is 1. The number of carbonyl (C=O) groups is 1. The number of dihydropyridines is 1. The fourth-order valence-corrected chi connectivity index (χ4v) is 5.95. The van der Waals surface area contributed by atoms with Gasteiger partial charge in [0.05, 0.1) is 23.7 Å². The summed E-state index contributed by atoms with van der Waals surface area (Å²) in [6.45, 7) is 5.40. The smallest absolute Gasteiger partial charge is 0.321 e. The molecule has 2 N–H and O–H groups in total. The summed E-state index contributed by atoms with van der Waals surface area (Å²) in [5, 5.41) is 16.3. The summed E-state index contributed by atoms with van der Waals surface area (Å²) in [5.41, 5.74) is 6.02. The van der Waals surface area contributed by atoms with Gasteiger partial charge in [-0.3, -0.25) is 4.90 Å². The summed E-state index contributed by atoms with van der Waals surface area (Å²) >= 11 is 6.56. The fraction of sp³-hybridized carbons (Fsp3) is 0.258. The number of allylic oxidation sites excluding steroid dienone is 3. The zero-order chi connectivity index (χ0) is 27.6. The minimum atomic E-state index is -0.128. The molecule has 202 valence electrons. The largest absolute Gasteiger partial charge is 0.382 e. The molecule has 2 aliphatic heterocycles. The minimum Gasteiger partial charge on any atom is -0.382 e. The first-order chi connectivity index (χ1) is 19.5. The van der Waals surface area contributed by atoms with Crippen LogP contribution in [0.5, 0.6) is 0 Å². The standard InChI is InChI=1S/C31H30ClN7O/c1-21-34-11-12-39(21)20-24-17-23-3-2-10-35-29(23)30(27-9-6-25(32)18-28(24)27)37-13-15-38(16-14-37)31(40)36-26-7-4-22(19-33)5-8-26/h2-12,17-18,29-30,35H,13-16,20H2,1H3,(H,36,40). The molecule has 0 bridgehead atoms. The predicted molar refractivity (Wildman–Crippen MR) is 157 cm³/mol. The molecule has 1 aromatic heterocycles. The van der Waals surface area contributed by atoms with Crippen LogP contribution < -0.4 is 10.6 Å². The van der Waals surface area contributed by atoms with Crippen LogP contribution in [0.25, 0.3) is 5.57 Å². The highest BCUT2D eigenvalue weighted by molar-refractivity contribution is 6.30. The van der Waals surface area contributed by atoms with Crippen LogP contribution in [0, 0.1) is 18.3 Å². The van der Waals surface area contributed by atoms with E-state index in [1.165, 1.54) is 16.7 Å². The van der Waals surface area contributed by atoms with E-state index in [4.69, 9.17) is 16.9 Å². The van der Waals surface area contributed by atoms with E-state index in [-0.39, 0.29) is 18.1 Å². The van der Waals surface area contributed by atoms with Crippen molar-refractivity contribution in [3.63, 3.8) is 0 Å².